The van der Waals surface area contributed by atoms with E-state index in [4.69, 9.17) is 10.1 Å². The summed E-state index contributed by atoms with van der Waals surface area (Å²) in [6.07, 6.45) is 3.40. The maximum atomic E-state index is 14.9. The Balaban J connectivity index is 1.13. The third-order valence-electron chi connectivity index (χ3n) is 6.88. The van der Waals surface area contributed by atoms with Crippen LogP contribution in [0.2, 0.25) is 0 Å². The molecule has 9 nitrogen and oxygen atoms in total. The van der Waals surface area contributed by atoms with Crippen molar-refractivity contribution in [2.24, 2.45) is 5.92 Å². The minimum atomic E-state index is -0.715. The van der Waals surface area contributed by atoms with Gasteiger partial charge in [-0.1, -0.05) is 0 Å². The van der Waals surface area contributed by atoms with Crippen LogP contribution >= 0.6 is 0 Å². The summed E-state index contributed by atoms with van der Waals surface area (Å²) in [6.45, 7) is 1.87. The number of H-pyrrole nitrogens is 1. The zero-order valence-electron chi connectivity index (χ0n) is 22.4. The van der Waals surface area contributed by atoms with Gasteiger partial charge in [-0.05, 0) is 68.3 Å². The van der Waals surface area contributed by atoms with E-state index >= 15 is 0 Å². The standard InChI is InChI=1S/C31H24F2N6O3/c1-17-2-10-25(37-29(17)18-5-7-20(32)8-6-18)31(41)36-21-9-11-26(23(33)14-21)42-28-13-12-27-35-22(16-39(27)38-28)15-24(34)30(40)19-3-4-19/h2,5-14,16,19,34H,3-4,15H2,1H3,(H,36,41)/p+1. The maximum absolute atomic E-state index is 14.9. The Kier molecular flexibility index (Phi) is 6.99. The van der Waals surface area contributed by atoms with Crippen molar-refractivity contribution >= 4 is 28.7 Å². The van der Waals surface area contributed by atoms with E-state index in [0.29, 0.717) is 17.0 Å². The maximum Gasteiger partial charge on any atom is 0.320 e. The summed E-state index contributed by atoms with van der Waals surface area (Å²) in [4.78, 5) is 32.5. The van der Waals surface area contributed by atoms with E-state index in [1.165, 1.54) is 34.8 Å². The van der Waals surface area contributed by atoms with Crippen LogP contribution < -0.4 is 15.0 Å². The second-order valence-electron chi connectivity index (χ2n) is 10.1. The van der Waals surface area contributed by atoms with E-state index < -0.39 is 11.7 Å². The van der Waals surface area contributed by atoms with Crippen LogP contribution in [0, 0.1) is 29.9 Å². The number of pyridine rings is 1. The number of benzene rings is 2. The van der Waals surface area contributed by atoms with Crippen LogP contribution in [-0.2, 0) is 11.2 Å². The third-order valence-corrected chi connectivity index (χ3v) is 6.88. The highest BCUT2D eigenvalue weighted by atomic mass is 19.1. The highest BCUT2D eigenvalue weighted by Gasteiger charge is 2.32. The molecule has 0 aliphatic heterocycles. The van der Waals surface area contributed by atoms with Crippen molar-refractivity contribution in [2.75, 3.05) is 5.32 Å². The number of halogens is 2. The van der Waals surface area contributed by atoms with Gasteiger partial charge in [-0.2, -0.15) is 4.98 Å². The number of hydrogen-bond donors (Lipinski definition) is 2. The molecular weight excluding hydrogens is 542 g/mol. The lowest BCUT2D eigenvalue weighted by Crippen LogP contribution is -2.25. The first-order valence-electron chi connectivity index (χ1n) is 13.3. The van der Waals surface area contributed by atoms with Crippen LogP contribution in [0.1, 0.15) is 34.6 Å². The second-order valence-corrected chi connectivity index (χ2v) is 10.1. The summed E-state index contributed by atoms with van der Waals surface area (Å²) in [7, 11) is 0. The molecule has 1 aliphatic carbocycles. The summed E-state index contributed by atoms with van der Waals surface area (Å²) in [5.41, 5.74) is 3.76. The molecular formula is C31H25F2N6O3+. The topological polar surface area (TPSA) is 124 Å². The molecule has 11 heteroatoms. The molecule has 210 valence electrons. The van der Waals surface area contributed by atoms with Gasteiger partial charge in [0.2, 0.25) is 11.6 Å². The molecule has 42 heavy (non-hydrogen) atoms. The van der Waals surface area contributed by atoms with E-state index in [9.17, 15) is 18.4 Å². The van der Waals surface area contributed by atoms with Gasteiger partial charge < -0.3 is 15.5 Å². The zero-order chi connectivity index (χ0) is 29.4. The molecule has 0 spiro atoms. The number of carbonyl (C=O) groups is 2. The van der Waals surface area contributed by atoms with Crippen LogP contribution in [0.4, 0.5) is 14.5 Å². The van der Waals surface area contributed by atoms with E-state index in [2.05, 4.69) is 20.4 Å². The number of nitrogens with zero attached hydrogens (tertiary/aromatic N) is 3. The van der Waals surface area contributed by atoms with Crippen LogP contribution in [0.25, 0.3) is 16.9 Å². The number of aromatic nitrogens is 4. The van der Waals surface area contributed by atoms with E-state index in [1.807, 2.05) is 6.92 Å². The summed E-state index contributed by atoms with van der Waals surface area (Å²) < 4.78 is 35.4. The van der Waals surface area contributed by atoms with Gasteiger partial charge >= 0.3 is 5.91 Å². The highest BCUT2D eigenvalue weighted by Crippen LogP contribution is 2.30. The first-order chi connectivity index (χ1) is 20.2. The van der Waals surface area contributed by atoms with E-state index in [0.717, 1.165) is 30.0 Å². The number of imidazole rings is 1. The number of rotatable bonds is 9. The Morgan fingerprint density at radius 1 is 1.07 bits per heavy atom. The second kappa shape index (κ2) is 10.9. The van der Waals surface area contributed by atoms with Crippen molar-refractivity contribution in [3.05, 3.63) is 102 Å². The molecule has 1 amide bonds. The molecule has 0 saturated heterocycles. The summed E-state index contributed by atoms with van der Waals surface area (Å²) in [5.74, 6) is -1.71. The SMILES string of the molecule is Cc1ccc(C(=O)Nc2ccc(Oc3ccc4nc(CC(=N)C(=O)C5CC5)cn4n3)c(F)c2)[nH+]c1-c1ccc(F)cc1. The number of carbonyl (C=O) groups excluding carboxylic acids is 2. The number of amides is 1. The largest absolute Gasteiger partial charge is 0.434 e. The molecule has 0 unspecified atom stereocenters. The molecule has 1 fully saturated rings. The predicted octanol–water partition coefficient (Wildman–Crippen LogP) is 5.38. The van der Waals surface area contributed by atoms with Crippen LogP contribution in [-0.4, -0.2) is 32.0 Å². The molecule has 5 aromatic rings. The van der Waals surface area contributed by atoms with Gasteiger partial charge in [-0.3, -0.25) is 9.59 Å². The van der Waals surface area contributed by atoms with Crippen molar-refractivity contribution in [3.63, 3.8) is 0 Å². The average molecular weight is 568 g/mol. The van der Waals surface area contributed by atoms with Crippen molar-refractivity contribution in [2.45, 2.75) is 26.2 Å². The normalized spacial score (nSPS) is 12.7. The minimum absolute atomic E-state index is 0.0242. The fraction of sp³-hybridized carbons (Fsp3) is 0.161. The molecule has 0 atom stereocenters. The van der Waals surface area contributed by atoms with Gasteiger partial charge in [0.15, 0.2) is 23.0 Å². The fourth-order valence-electron chi connectivity index (χ4n) is 4.50. The summed E-state index contributed by atoms with van der Waals surface area (Å²) >= 11 is 0. The van der Waals surface area contributed by atoms with Gasteiger partial charge in [0.25, 0.3) is 5.69 Å². The van der Waals surface area contributed by atoms with Crippen LogP contribution in [0.3, 0.4) is 0 Å². The Morgan fingerprint density at radius 3 is 2.60 bits per heavy atom. The highest BCUT2D eigenvalue weighted by molar-refractivity contribution is 6.40. The molecule has 1 aliphatic rings. The number of ether oxygens (including phenoxy) is 1. The third kappa shape index (κ3) is 5.75. The number of aromatic amines is 1. The predicted molar refractivity (Wildman–Crippen MR) is 150 cm³/mol. The van der Waals surface area contributed by atoms with Crippen LogP contribution in [0.15, 0.2) is 72.9 Å². The van der Waals surface area contributed by atoms with Gasteiger partial charge in [-0.25, -0.2) is 18.3 Å². The van der Waals surface area contributed by atoms with E-state index in [1.54, 1.807) is 36.5 Å². The molecule has 3 heterocycles. The smallest absolute Gasteiger partial charge is 0.320 e. The molecule has 3 N–H and O–H groups in total. The van der Waals surface area contributed by atoms with Gasteiger partial charge in [0.1, 0.15) is 5.82 Å². The Hall–Kier alpha value is -5.32. The van der Waals surface area contributed by atoms with Gasteiger partial charge in [0.05, 0.1) is 17.6 Å². The average Bonchev–Trinajstić information content (AvgIpc) is 3.74. The molecule has 6 rings (SSSR count). The zero-order valence-corrected chi connectivity index (χ0v) is 22.4. The lowest BCUT2D eigenvalue weighted by Gasteiger charge is -2.08. The monoisotopic (exact) mass is 567 g/mol. The molecule has 3 aromatic heterocycles. The van der Waals surface area contributed by atoms with Gasteiger partial charge in [-0.15, -0.1) is 5.10 Å². The molecule has 2 aromatic carbocycles. The minimum Gasteiger partial charge on any atom is -0.434 e. The number of Topliss-reactive ketones (excluding diaryl/α,β-unsaturated/α-hetero) is 1. The van der Waals surface area contributed by atoms with Crippen molar-refractivity contribution < 1.29 is 28.1 Å². The van der Waals surface area contributed by atoms with Crippen molar-refractivity contribution in [1.29, 1.82) is 5.41 Å². The Bertz CT molecular complexity index is 1870. The van der Waals surface area contributed by atoms with E-state index in [-0.39, 0.29) is 52.7 Å². The van der Waals surface area contributed by atoms with Crippen LogP contribution in [0.5, 0.6) is 11.6 Å². The first-order valence-corrected chi connectivity index (χ1v) is 13.3. The van der Waals surface area contributed by atoms with Crippen molar-refractivity contribution in [1.82, 2.24) is 14.6 Å². The number of hydrogen-bond acceptors (Lipinski definition) is 6. The van der Waals surface area contributed by atoms with Gasteiger partial charge in [0, 0.05) is 47.4 Å². The Morgan fingerprint density at radius 2 is 1.86 bits per heavy atom. The quantitative estimate of drug-likeness (QED) is 0.232. The number of anilines is 1. The number of nitrogens with one attached hydrogen (secondary N) is 3. The summed E-state index contributed by atoms with van der Waals surface area (Å²) in [5, 5.41) is 15.0. The lowest BCUT2D eigenvalue weighted by molar-refractivity contribution is -0.369. The molecule has 0 radical (unpaired) electrons. The first kappa shape index (κ1) is 26.9. The number of ketones is 1. The fourth-order valence-corrected chi connectivity index (χ4v) is 4.50. The summed E-state index contributed by atoms with van der Waals surface area (Å²) in [6, 6.07) is 16.5. The Labute approximate surface area is 238 Å². The number of fused-ring (bicyclic) bond motifs is 1. The molecule has 0 bridgehead atoms. The van der Waals surface area contributed by atoms with Crippen molar-refractivity contribution in [3.8, 4) is 22.9 Å². The molecule has 1 saturated carbocycles. The lowest BCUT2D eigenvalue weighted by atomic mass is 10.1. The number of aryl methyl sites for hydroxylation is 1.